The SMILES string of the molecule is O=C(CC(c1ccccc1)c1ccccc1)NCCN1CCCCCC1. The molecule has 1 heterocycles. The number of amides is 1. The number of rotatable bonds is 7. The van der Waals surface area contributed by atoms with Crippen LogP contribution < -0.4 is 5.32 Å². The zero-order valence-corrected chi connectivity index (χ0v) is 15.6. The molecule has 0 bridgehead atoms. The third-order valence-electron chi connectivity index (χ3n) is 5.24. The summed E-state index contributed by atoms with van der Waals surface area (Å²) in [6.45, 7) is 4.06. The molecule has 0 atom stereocenters. The van der Waals surface area contributed by atoms with E-state index in [0.717, 1.165) is 13.1 Å². The zero-order chi connectivity index (χ0) is 18.0. The van der Waals surface area contributed by atoms with Crippen molar-refractivity contribution in [2.75, 3.05) is 26.2 Å². The second kappa shape index (κ2) is 10.1. The van der Waals surface area contributed by atoms with Gasteiger partial charge in [0.1, 0.15) is 0 Å². The Balaban J connectivity index is 1.55. The Bertz CT molecular complexity index is 609. The van der Waals surface area contributed by atoms with Gasteiger partial charge in [-0.05, 0) is 37.1 Å². The molecule has 1 N–H and O–H groups in total. The van der Waals surface area contributed by atoms with E-state index in [1.54, 1.807) is 0 Å². The van der Waals surface area contributed by atoms with Crippen LogP contribution in [-0.2, 0) is 4.79 Å². The molecule has 0 saturated carbocycles. The van der Waals surface area contributed by atoms with Crippen LogP contribution >= 0.6 is 0 Å². The lowest BCUT2D eigenvalue weighted by Crippen LogP contribution is -2.36. The van der Waals surface area contributed by atoms with Crippen LogP contribution in [0.1, 0.15) is 49.1 Å². The molecule has 3 heteroatoms. The first kappa shape index (κ1) is 18.7. The fourth-order valence-corrected chi connectivity index (χ4v) is 3.77. The van der Waals surface area contributed by atoms with Gasteiger partial charge in [0.25, 0.3) is 0 Å². The van der Waals surface area contributed by atoms with Crippen LogP contribution in [0.2, 0.25) is 0 Å². The summed E-state index contributed by atoms with van der Waals surface area (Å²) >= 11 is 0. The highest BCUT2D eigenvalue weighted by Gasteiger charge is 2.18. The minimum atomic E-state index is 0.107. The molecule has 3 nitrogen and oxygen atoms in total. The molecule has 3 rings (SSSR count). The first-order valence-electron chi connectivity index (χ1n) is 9.92. The number of nitrogens with zero attached hydrogens (tertiary/aromatic N) is 1. The van der Waals surface area contributed by atoms with Crippen molar-refractivity contribution >= 4 is 5.91 Å². The highest BCUT2D eigenvalue weighted by Crippen LogP contribution is 2.27. The predicted molar refractivity (Wildman–Crippen MR) is 107 cm³/mol. The maximum atomic E-state index is 12.6. The molecule has 1 aliphatic rings. The van der Waals surface area contributed by atoms with Gasteiger partial charge in [-0.2, -0.15) is 0 Å². The molecule has 1 saturated heterocycles. The Morgan fingerprint density at radius 1 is 0.846 bits per heavy atom. The van der Waals surface area contributed by atoms with Crippen LogP contribution in [0.15, 0.2) is 60.7 Å². The van der Waals surface area contributed by atoms with E-state index in [-0.39, 0.29) is 11.8 Å². The number of hydrogen-bond acceptors (Lipinski definition) is 2. The second-order valence-electron chi connectivity index (χ2n) is 7.18. The summed E-state index contributed by atoms with van der Waals surface area (Å²) < 4.78 is 0. The molecule has 0 unspecified atom stereocenters. The quantitative estimate of drug-likeness (QED) is 0.812. The smallest absolute Gasteiger partial charge is 0.220 e. The molecule has 1 aliphatic heterocycles. The molecule has 1 fully saturated rings. The van der Waals surface area contributed by atoms with Crippen molar-refractivity contribution in [2.45, 2.75) is 38.0 Å². The van der Waals surface area contributed by atoms with Gasteiger partial charge >= 0.3 is 0 Å². The normalized spacial score (nSPS) is 15.6. The highest BCUT2D eigenvalue weighted by atomic mass is 16.1. The lowest BCUT2D eigenvalue weighted by Gasteiger charge is -2.21. The molecular formula is C23H30N2O. The number of benzene rings is 2. The maximum Gasteiger partial charge on any atom is 0.220 e. The summed E-state index contributed by atoms with van der Waals surface area (Å²) in [6.07, 6.45) is 5.77. The van der Waals surface area contributed by atoms with Crippen LogP contribution in [0.5, 0.6) is 0 Å². The summed E-state index contributed by atoms with van der Waals surface area (Å²) in [5.74, 6) is 0.244. The van der Waals surface area contributed by atoms with Crippen molar-refractivity contribution in [1.82, 2.24) is 10.2 Å². The minimum Gasteiger partial charge on any atom is -0.355 e. The van der Waals surface area contributed by atoms with Gasteiger partial charge in [-0.3, -0.25) is 4.79 Å². The summed E-state index contributed by atoms with van der Waals surface area (Å²) in [7, 11) is 0. The number of carbonyl (C=O) groups is 1. The van der Waals surface area contributed by atoms with Crippen LogP contribution in [-0.4, -0.2) is 37.0 Å². The fraction of sp³-hybridized carbons (Fsp3) is 0.435. The van der Waals surface area contributed by atoms with Crippen molar-refractivity contribution in [1.29, 1.82) is 0 Å². The minimum absolute atomic E-state index is 0.107. The van der Waals surface area contributed by atoms with Gasteiger partial charge in [0.05, 0.1) is 0 Å². The first-order valence-corrected chi connectivity index (χ1v) is 9.92. The van der Waals surface area contributed by atoms with Crippen LogP contribution in [0.3, 0.4) is 0 Å². The Morgan fingerprint density at radius 3 is 1.92 bits per heavy atom. The Hall–Kier alpha value is -2.13. The highest BCUT2D eigenvalue weighted by molar-refractivity contribution is 5.77. The molecule has 2 aromatic carbocycles. The standard InChI is InChI=1S/C23H30N2O/c26-23(24-15-18-25-16-9-1-2-10-17-25)19-22(20-11-5-3-6-12-20)21-13-7-4-8-14-21/h3-8,11-14,22H,1-2,9-10,15-19H2,(H,24,26). The van der Waals surface area contributed by atoms with Gasteiger partial charge in [-0.1, -0.05) is 73.5 Å². The Labute approximate surface area is 157 Å². The number of likely N-dealkylation sites (tertiary alicyclic amines) is 1. The largest absolute Gasteiger partial charge is 0.355 e. The molecule has 138 valence electrons. The molecular weight excluding hydrogens is 320 g/mol. The molecule has 26 heavy (non-hydrogen) atoms. The summed E-state index contributed by atoms with van der Waals surface area (Å²) in [5.41, 5.74) is 2.39. The van der Waals surface area contributed by atoms with Gasteiger partial charge in [-0.15, -0.1) is 0 Å². The van der Waals surface area contributed by atoms with Crippen molar-refractivity contribution in [3.8, 4) is 0 Å². The Morgan fingerprint density at radius 2 is 1.38 bits per heavy atom. The van der Waals surface area contributed by atoms with Gasteiger partial charge in [-0.25, -0.2) is 0 Å². The topological polar surface area (TPSA) is 32.3 Å². The number of hydrogen-bond donors (Lipinski definition) is 1. The van der Waals surface area contributed by atoms with Crippen molar-refractivity contribution in [3.63, 3.8) is 0 Å². The number of carbonyl (C=O) groups excluding carboxylic acids is 1. The molecule has 0 aliphatic carbocycles. The molecule has 0 aromatic heterocycles. The zero-order valence-electron chi connectivity index (χ0n) is 15.6. The van der Waals surface area contributed by atoms with E-state index >= 15 is 0 Å². The van der Waals surface area contributed by atoms with Crippen LogP contribution in [0.4, 0.5) is 0 Å². The first-order chi connectivity index (χ1) is 12.8. The Kier molecular flexibility index (Phi) is 7.26. The predicted octanol–water partition coefficient (Wildman–Crippen LogP) is 4.20. The molecule has 2 aromatic rings. The molecule has 0 radical (unpaired) electrons. The third-order valence-corrected chi connectivity index (χ3v) is 5.24. The van der Waals surface area contributed by atoms with Gasteiger partial charge in [0.15, 0.2) is 0 Å². The van der Waals surface area contributed by atoms with E-state index in [9.17, 15) is 4.79 Å². The van der Waals surface area contributed by atoms with E-state index in [2.05, 4.69) is 34.5 Å². The van der Waals surface area contributed by atoms with E-state index in [0.29, 0.717) is 6.42 Å². The van der Waals surface area contributed by atoms with Crippen molar-refractivity contribution in [3.05, 3.63) is 71.8 Å². The molecule has 1 amide bonds. The van der Waals surface area contributed by atoms with E-state index < -0.39 is 0 Å². The van der Waals surface area contributed by atoms with E-state index in [1.807, 2.05) is 36.4 Å². The molecule has 0 spiro atoms. The third kappa shape index (κ3) is 5.70. The monoisotopic (exact) mass is 350 g/mol. The van der Waals surface area contributed by atoms with Crippen molar-refractivity contribution < 1.29 is 4.79 Å². The maximum absolute atomic E-state index is 12.6. The number of nitrogens with one attached hydrogen (secondary N) is 1. The van der Waals surface area contributed by atoms with Gasteiger partial charge in [0.2, 0.25) is 5.91 Å². The lowest BCUT2D eigenvalue weighted by molar-refractivity contribution is -0.121. The van der Waals surface area contributed by atoms with E-state index in [4.69, 9.17) is 0 Å². The van der Waals surface area contributed by atoms with E-state index in [1.165, 1.54) is 49.9 Å². The summed E-state index contributed by atoms with van der Waals surface area (Å²) in [5, 5.41) is 3.14. The average Bonchev–Trinajstić information content (AvgIpc) is 2.96. The summed E-state index contributed by atoms with van der Waals surface area (Å²) in [4.78, 5) is 15.1. The average molecular weight is 351 g/mol. The van der Waals surface area contributed by atoms with Crippen molar-refractivity contribution in [2.24, 2.45) is 0 Å². The second-order valence-corrected chi connectivity index (χ2v) is 7.18. The van der Waals surface area contributed by atoms with Crippen LogP contribution in [0.25, 0.3) is 0 Å². The van der Waals surface area contributed by atoms with Crippen LogP contribution in [0, 0.1) is 0 Å². The summed E-state index contributed by atoms with van der Waals surface area (Å²) in [6, 6.07) is 20.7. The van der Waals surface area contributed by atoms with Gasteiger partial charge in [0, 0.05) is 25.4 Å². The van der Waals surface area contributed by atoms with Gasteiger partial charge < -0.3 is 10.2 Å². The lowest BCUT2D eigenvalue weighted by atomic mass is 9.88. The fourth-order valence-electron chi connectivity index (χ4n) is 3.77.